The number of rotatable bonds is 12. The Morgan fingerprint density at radius 2 is 1.57 bits per heavy atom. The van der Waals surface area contributed by atoms with Gasteiger partial charge in [-0.25, -0.2) is 0 Å². The highest BCUT2D eigenvalue weighted by Gasteiger charge is 2.02. The minimum atomic E-state index is 0.158. The fraction of sp³-hybridized carbons (Fsp3) is 0.579. The van der Waals surface area contributed by atoms with Crippen LogP contribution in [0.15, 0.2) is 48.6 Å². The molecule has 0 amide bonds. The number of hydrogen-bond donors (Lipinski definition) is 3. The molecule has 0 aromatic heterocycles. The summed E-state index contributed by atoms with van der Waals surface area (Å²) in [5, 5.41) is 21.0. The second kappa shape index (κ2) is 18.8. The van der Waals surface area contributed by atoms with Crippen LogP contribution in [0.3, 0.4) is 0 Å². The number of nitrogens with zero attached hydrogens (tertiary/aromatic N) is 1. The van der Waals surface area contributed by atoms with Crippen LogP contribution < -0.4 is 5.32 Å². The maximum atomic E-state index is 8.82. The van der Waals surface area contributed by atoms with Gasteiger partial charge in [0.25, 0.3) is 0 Å². The van der Waals surface area contributed by atoms with Crippen molar-refractivity contribution in [3.63, 3.8) is 0 Å². The van der Waals surface area contributed by atoms with Crippen molar-refractivity contribution in [2.24, 2.45) is 0 Å². The fourth-order valence-electron chi connectivity index (χ4n) is 1.75. The highest BCUT2D eigenvalue weighted by molar-refractivity contribution is 5.26. The van der Waals surface area contributed by atoms with Crippen molar-refractivity contribution in [3.8, 4) is 0 Å². The Kier molecular flexibility index (Phi) is 19.7. The van der Waals surface area contributed by atoms with Gasteiger partial charge >= 0.3 is 0 Å². The van der Waals surface area contributed by atoms with E-state index in [9.17, 15) is 0 Å². The molecular weight excluding hydrogens is 288 g/mol. The van der Waals surface area contributed by atoms with E-state index in [4.69, 9.17) is 10.2 Å². The molecule has 0 saturated heterocycles. The summed E-state index contributed by atoms with van der Waals surface area (Å²) >= 11 is 0. The summed E-state index contributed by atoms with van der Waals surface area (Å²) in [5.74, 6) is 0. The van der Waals surface area contributed by atoms with Crippen LogP contribution in [0.25, 0.3) is 0 Å². The van der Waals surface area contributed by atoms with E-state index in [1.54, 1.807) is 12.2 Å². The molecule has 0 spiro atoms. The number of aliphatic hydroxyl groups is 2. The lowest BCUT2D eigenvalue weighted by Crippen LogP contribution is -2.32. The maximum absolute atomic E-state index is 8.82. The number of hydrogen-bond acceptors (Lipinski definition) is 4. The maximum Gasteiger partial charge on any atom is 0.0558 e. The Hall–Kier alpha value is -1.20. The zero-order valence-corrected chi connectivity index (χ0v) is 15.2. The smallest absolute Gasteiger partial charge is 0.0558 e. The molecule has 0 aliphatic heterocycles. The molecule has 23 heavy (non-hydrogen) atoms. The minimum Gasteiger partial charge on any atom is -0.395 e. The van der Waals surface area contributed by atoms with Gasteiger partial charge in [0.15, 0.2) is 0 Å². The lowest BCUT2D eigenvalue weighted by Gasteiger charge is -2.19. The quantitative estimate of drug-likeness (QED) is 0.293. The van der Waals surface area contributed by atoms with Gasteiger partial charge < -0.3 is 15.5 Å². The Labute approximate surface area is 142 Å². The lowest BCUT2D eigenvalue weighted by molar-refractivity contribution is 0.160. The van der Waals surface area contributed by atoms with Gasteiger partial charge in [0.1, 0.15) is 0 Å². The van der Waals surface area contributed by atoms with Gasteiger partial charge in [-0.1, -0.05) is 43.0 Å². The monoisotopic (exact) mass is 324 g/mol. The SMILES string of the molecule is C/C=C(\C)CNCCCN(CCO)CCO.C=CC(C=C)=CC. The van der Waals surface area contributed by atoms with Crippen LogP contribution in [0.2, 0.25) is 0 Å². The van der Waals surface area contributed by atoms with Gasteiger partial charge in [-0.2, -0.15) is 0 Å². The third kappa shape index (κ3) is 17.0. The topological polar surface area (TPSA) is 55.7 Å². The summed E-state index contributed by atoms with van der Waals surface area (Å²) in [6.07, 6.45) is 8.65. The fourth-order valence-corrected chi connectivity index (χ4v) is 1.75. The molecule has 134 valence electrons. The van der Waals surface area contributed by atoms with E-state index in [1.165, 1.54) is 5.57 Å². The zero-order valence-electron chi connectivity index (χ0n) is 15.2. The van der Waals surface area contributed by atoms with Crippen LogP contribution in [0, 0.1) is 0 Å². The Morgan fingerprint density at radius 1 is 1.00 bits per heavy atom. The van der Waals surface area contributed by atoms with Crippen molar-refractivity contribution in [1.29, 1.82) is 0 Å². The van der Waals surface area contributed by atoms with Gasteiger partial charge in [0.05, 0.1) is 13.2 Å². The molecule has 0 bridgehead atoms. The minimum absolute atomic E-state index is 0.158. The van der Waals surface area contributed by atoms with E-state index >= 15 is 0 Å². The van der Waals surface area contributed by atoms with Crippen LogP contribution >= 0.6 is 0 Å². The third-order valence-electron chi connectivity index (χ3n) is 3.36. The van der Waals surface area contributed by atoms with Crippen LogP contribution in [0.5, 0.6) is 0 Å². The largest absolute Gasteiger partial charge is 0.395 e. The van der Waals surface area contributed by atoms with Crippen LogP contribution in [-0.4, -0.2) is 61.1 Å². The first-order valence-corrected chi connectivity index (χ1v) is 8.27. The van der Waals surface area contributed by atoms with E-state index in [0.717, 1.165) is 31.6 Å². The summed E-state index contributed by atoms with van der Waals surface area (Å²) in [4.78, 5) is 2.07. The van der Waals surface area contributed by atoms with Gasteiger partial charge in [-0.3, -0.25) is 4.90 Å². The molecule has 0 unspecified atom stereocenters. The Bertz CT molecular complexity index is 333. The molecule has 3 N–H and O–H groups in total. The summed E-state index contributed by atoms with van der Waals surface area (Å²) in [6, 6.07) is 0. The number of nitrogens with one attached hydrogen (secondary N) is 1. The molecule has 0 heterocycles. The standard InChI is InChI=1S/C12H26N2O2.C7H10/c1-3-12(2)11-13-5-4-6-14(7-9-15)8-10-16;1-4-7(5-2)6-3/h3,13,15-16H,4-11H2,1-2H3;4-6H,1-2H2,3H3/b12-3+;. The number of aliphatic hydroxyl groups excluding tert-OH is 2. The third-order valence-corrected chi connectivity index (χ3v) is 3.36. The molecule has 0 rings (SSSR count). The van der Waals surface area contributed by atoms with Crippen LogP contribution in [0.1, 0.15) is 27.2 Å². The first kappa shape index (κ1) is 24.1. The second-order valence-corrected chi connectivity index (χ2v) is 5.15. The zero-order chi connectivity index (χ0) is 17.9. The average molecular weight is 325 g/mol. The van der Waals surface area contributed by atoms with Crippen molar-refractivity contribution in [2.75, 3.05) is 45.9 Å². The highest BCUT2D eigenvalue weighted by Crippen LogP contribution is 1.93. The van der Waals surface area contributed by atoms with Gasteiger partial charge in [-0.05, 0) is 45.9 Å². The molecule has 0 fully saturated rings. The van der Waals surface area contributed by atoms with E-state index in [0.29, 0.717) is 13.1 Å². The summed E-state index contributed by atoms with van der Waals surface area (Å²) < 4.78 is 0. The molecule has 4 heteroatoms. The number of allylic oxidation sites excluding steroid dienone is 5. The highest BCUT2D eigenvalue weighted by atomic mass is 16.3. The normalized spacial score (nSPS) is 10.8. The van der Waals surface area contributed by atoms with Crippen molar-refractivity contribution in [1.82, 2.24) is 10.2 Å². The van der Waals surface area contributed by atoms with Gasteiger partial charge in [0.2, 0.25) is 0 Å². The molecule has 0 aromatic carbocycles. The van der Waals surface area contributed by atoms with E-state index in [-0.39, 0.29) is 13.2 Å². The lowest BCUT2D eigenvalue weighted by atomic mass is 10.2. The van der Waals surface area contributed by atoms with E-state index in [1.807, 2.05) is 19.9 Å². The van der Waals surface area contributed by atoms with Crippen LogP contribution in [0.4, 0.5) is 0 Å². The van der Waals surface area contributed by atoms with E-state index < -0.39 is 0 Å². The first-order valence-electron chi connectivity index (χ1n) is 8.27. The molecular formula is C19H36N2O2. The van der Waals surface area contributed by atoms with E-state index in [2.05, 4.69) is 36.4 Å². The molecule has 0 aromatic rings. The second-order valence-electron chi connectivity index (χ2n) is 5.15. The predicted octanol–water partition coefficient (Wildman–Crippen LogP) is 2.52. The molecule has 0 radical (unpaired) electrons. The average Bonchev–Trinajstić information content (AvgIpc) is 2.56. The Balaban J connectivity index is 0. The Morgan fingerprint density at radius 3 is 1.91 bits per heavy atom. The van der Waals surface area contributed by atoms with Crippen molar-refractivity contribution in [3.05, 3.63) is 48.6 Å². The van der Waals surface area contributed by atoms with Crippen molar-refractivity contribution < 1.29 is 10.2 Å². The molecule has 0 atom stereocenters. The molecule has 0 aliphatic rings. The molecule has 4 nitrogen and oxygen atoms in total. The van der Waals surface area contributed by atoms with Gasteiger partial charge in [0, 0.05) is 19.6 Å². The van der Waals surface area contributed by atoms with Crippen LogP contribution in [-0.2, 0) is 0 Å². The predicted molar refractivity (Wildman–Crippen MR) is 102 cm³/mol. The van der Waals surface area contributed by atoms with Crippen molar-refractivity contribution >= 4 is 0 Å². The van der Waals surface area contributed by atoms with Crippen molar-refractivity contribution in [2.45, 2.75) is 27.2 Å². The summed E-state index contributed by atoms with van der Waals surface area (Å²) in [6.45, 7) is 17.7. The summed E-state index contributed by atoms with van der Waals surface area (Å²) in [5.41, 5.74) is 2.43. The summed E-state index contributed by atoms with van der Waals surface area (Å²) in [7, 11) is 0. The molecule has 0 aliphatic carbocycles. The molecule has 0 saturated carbocycles. The first-order chi connectivity index (χ1) is 11.1. The van der Waals surface area contributed by atoms with Gasteiger partial charge in [-0.15, -0.1) is 0 Å².